The smallest absolute Gasteiger partial charge is 0.294 e. The Morgan fingerprint density at radius 1 is 1.23 bits per heavy atom. The second-order valence-electron chi connectivity index (χ2n) is 5.96. The van der Waals surface area contributed by atoms with Crippen LogP contribution in [0.2, 0.25) is 0 Å². The third-order valence-corrected chi connectivity index (χ3v) is 6.68. The van der Waals surface area contributed by atoms with Crippen LogP contribution in [0.1, 0.15) is 48.2 Å². The van der Waals surface area contributed by atoms with Crippen LogP contribution in [0.3, 0.4) is 0 Å². The molecule has 1 aromatic heterocycles. The molecule has 2 unspecified atom stereocenters. The van der Waals surface area contributed by atoms with Gasteiger partial charge in [0.25, 0.3) is 0 Å². The number of carbonyl (C=O) groups excluding carboxylic acids is 1. The van der Waals surface area contributed by atoms with Crippen molar-refractivity contribution in [2.24, 2.45) is 5.92 Å². The number of hydrogen-bond donors (Lipinski definition) is 0. The molecule has 0 aliphatic carbocycles. The highest BCUT2D eigenvalue weighted by atomic mass is 32.2. The quantitative estimate of drug-likeness (QED) is 0.781. The van der Waals surface area contributed by atoms with Gasteiger partial charge >= 0.3 is 6.18 Å². The van der Waals surface area contributed by atoms with E-state index in [1.54, 1.807) is 0 Å². The average Bonchev–Trinajstić information content (AvgIpc) is 2.45. The summed E-state index contributed by atoms with van der Waals surface area (Å²) in [6.45, 7) is 0. The molecule has 0 aromatic carbocycles. The molecule has 0 radical (unpaired) electrons. The summed E-state index contributed by atoms with van der Waals surface area (Å²) in [6, 6.07) is 2.16. The molecule has 22 heavy (non-hydrogen) atoms. The van der Waals surface area contributed by atoms with Gasteiger partial charge in [0.15, 0.2) is 5.78 Å². The van der Waals surface area contributed by atoms with Crippen LogP contribution in [-0.2, 0) is 17.0 Å². The number of halogens is 3. The van der Waals surface area contributed by atoms with Gasteiger partial charge in [-0.1, -0.05) is 6.42 Å². The number of Topliss-reactive ketones (excluding diaryl/α,β-unsaturated/α-hetero) is 1. The highest BCUT2D eigenvalue weighted by molar-refractivity contribution is 7.86. The second kappa shape index (κ2) is 5.76. The lowest BCUT2D eigenvalue weighted by molar-refractivity contribution is -0.141. The van der Waals surface area contributed by atoms with E-state index in [-0.39, 0.29) is 27.8 Å². The molecule has 120 valence electrons. The molecule has 3 rings (SSSR count). The van der Waals surface area contributed by atoms with Crippen LogP contribution in [-0.4, -0.2) is 25.5 Å². The Morgan fingerprint density at radius 3 is 2.45 bits per heavy atom. The Labute approximate surface area is 128 Å². The fraction of sp³-hybridized carbons (Fsp3) is 0.600. The van der Waals surface area contributed by atoms with Gasteiger partial charge in [-0.2, -0.15) is 13.2 Å². The van der Waals surface area contributed by atoms with E-state index in [1.807, 2.05) is 0 Å². The summed E-state index contributed by atoms with van der Waals surface area (Å²) < 4.78 is 50.2. The zero-order valence-electron chi connectivity index (χ0n) is 11.8. The van der Waals surface area contributed by atoms with Crippen molar-refractivity contribution < 1.29 is 22.2 Å². The van der Waals surface area contributed by atoms with E-state index in [0.717, 1.165) is 31.5 Å². The van der Waals surface area contributed by atoms with Gasteiger partial charge in [-0.15, -0.1) is 0 Å². The molecular formula is C15H16F3NO2S. The lowest BCUT2D eigenvalue weighted by Gasteiger charge is -2.37. The summed E-state index contributed by atoms with van der Waals surface area (Å²) in [5.74, 6) is -0.599. The van der Waals surface area contributed by atoms with Crippen LogP contribution in [0.4, 0.5) is 13.2 Å². The SMILES string of the molecule is O=C(c1ccnc(C(F)(F)F)c1)C1CC2CCCC(C1)S2=O. The number of aromatic nitrogens is 1. The monoisotopic (exact) mass is 331 g/mol. The number of carbonyl (C=O) groups is 1. The first kappa shape index (κ1) is 15.6. The van der Waals surface area contributed by atoms with Crippen LogP contribution in [0.5, 0.6) is 0 Å². The van der Waals surface area contributed by atoms with Crippen LogP contribution in [0, 0.1) is 5.92 Å². The number of hydrogen-bond acceptors (Lipinski definition) is 3. The Kier molecular flexibility index (Phi) is 4.09. The Balaban J connectivity index is 1.81. The van der Waals surface area contributed by atoms with Crippen LogP contribution in [0.15, 0.2) is 18.3 Å². The minimum Gasteiger partial charge on any atom is -0.294 e. The molecule has 1 aromatic rings. The number of fused-ring (bicyclic) bond motifs is 2. The van der Waals surface area contributed by atoms with Gasteiger partial charge in [0.05, 0.1) is 0 Å². The third kappa shape index (κ3) is 2.95. The molecule has 2 aliphatic rings. The number of rotatable bonds is 2. The summed E-state index contributed by atoms with van der Waals surface area (Å²) in [5, 5.41) is 0.0377. The van der Waals surface area contributed by atoms with Gasteiger partial charge in [-0.05, 0) is 37.8 Å². The van der Waals surface area contributed by atoms with Crippen LogP contribution >= 0.6 is 0 Å². The lowest BCUT2D eigenvalue weighted by atomic mass is 9.84. The van der Waals surface area contributed by atoms with E-state index in [2.05, 4.69) is 4.98 Å². The molecule has 2 saturated heterocycles. The van der Waals surface area contributed by atoms with Crippen LogP contribution < -0.4 is 0 Å². The molecule has 2 aliphatic heterocycles. The maximum atomic E-state index is 12.7. The number of pyridine rings is 1. The molecular weight excluding hydrogens is 315 g/mol. The van der Waals surface area contributed by atoms with E-state index in [1.165, 1.54) is 6.07 Å². The van der Waals surface area contributed by atoms with E-state index in [4.69, 9.17) is 0 Å². The minimum absolute atomic E-state index is 0.0189. The number of nitrogens with zero attached hydrogens (tertiary/aromatic N) is 1. The summed E-state index contributed by atoms with van der Waals surface area (Å²) in [7, 11) is -0.893. The van der Waals surface area contributed by atoms with Crippen molar-refractivity contribution >= 4 is 16.6 Å². The van der Waals surface area contributed by atoms with E-state index in [9.17, 15) is 22.2 Å². The van der Waals surface area contributed by atoms with Crippen molar-refractivity contribution in [1.29, 1.82) is 0 Å². The van der Waals surface area contributed by atoms with E-state index < -0.39 is 22.7 Å². The Bertz CT molecular complexity index is 601. The molecule has 0 spiro atoms. The Hall–Kier alpha value is -1.24. The van der Waals surface area contributed by atoms with Crippen molar-refractivity contribution in [2.45, 2.75) is 48.8 Å². The first-order valence-electron chi connectivity index (χ1n) is 7.33. The zero-order chi connectivity index (χ0) is 15.9. The highest BCUT2D eigenvalue weighted by Crippen LogP contribution is 2.38. The summed E-state index contributed by atoms with van der Waals surface area (Å²) >= 11 is 0. The molecule has 2 atom stereocenters. The molecule has 3 heterocycles. The maximum Gasteiger partial charge on any atom is 0.433 e. The molecule has 2 bridgehead atoms. The fourth-order valence-electron chi connectivity index (χ4n) is 3.42. The first-order chi connectivity index (χ1) is 10.4. The van der Waals surface area contributed by atoms with Gasteiger partial charge in [-0.3, -0.25) is 14.0 Å². The van der Waals surface area contributed by atoms with Crippen LogP contribution in [0.25, 0.3) is 0 Å². The molecule has 0 N–H and O–H groups in total. The van der Waals surface area contributed by atoms with Crippen molar-refractivity contribution in [3.8, 4) is 0 Å². The first-order valence-corrected chi connectivity index (χ1v) is 8.60. The van der Waals surface area contributed by atoms with Crippen molar-refractivity contribution in [3.05, 3.63) is 29.6 Å². The molecule has 7 heteroatoms. The number of alkyl halides is 3. The van der Waals surface area contributed by atoms with Gasteiger partial charge < -0.3 is 0 Å². The predicted molar refractivity (Wildman–Crippen MR) is 75.9 cm³/mol. The summed E-state index contributed by atoms with van der Waals surface area (Å²) in [6.07, 6.45) is 0.222. The van der Waals surface area contributed by atoms with Crippen molar-refractivity contribution in [1.82, 2.24) is 4.98 Å². The van der Waals surface area contributed by atoms with Crippen molar-refractivity contribution in [2.75, 3.05) is 0 Å². The summed E-state index contributed by atoms with van der Waals surface area (Å²) in [4.78, 5) is 15.8. The average molecular weight is 331 g/mol. The Morgan fingerprint density at radius 2 is 1.86 bits per heavy atom. The zero-order valence-corrected chi connectivity index (χ0v) is 12.6. The van der Waals surface area contributed by atoms with Gasteiger partial charge in [0.1, 0.15) is 5.69 Å². The highest BCUT2D eigenvalue weighted by Gasteiger charge is 2.41. The standard InChI is InChI=1S/C15H16F3NO2S/c16-15(17,18)13-8-9(4-5-19-13)14(20)10-6-11-2-1-3-12(7-10)22(11)21/h4-5,8,10-12H,1-3,6-7H2. The third-order valence-electron chi connectivity index (χ3n) is 4.51. The molecule has 0 saturated carbocycles. The molecule has 3 nitrogen and oxygen atoms in total. The van der Waals surface area contributed by atoms with Gasteiger partial charge in [0.2, 0.25) is 0 Å². The lowest BCUT2D eigenvalue weighted by Crippen LogP contribution is -2.41. The second-order valence-corrected chi connectivity index (χ2v) is 7.95. The fourth-order valence-corrected chi connectivity index (χ4v) is 5.61. The largest absolute Gasteiger partial charge is 0.433 e. The topological polar surface area (TPSA) is 47.0 Å². The normalized spacial score (nSPS) is 31.8. The van der Waals surface area contributed by atoms with Gasteiger partial charge in [0, 0.05) is 39.0 Å². The minimum atomic E-state index is -4.55. The predicted octanol–water partition coefficient (Wildman–Crippen LogP) is 3.36. The van der Waals surface area contributed by atoms with E-state index in [0.29, 0.717) is 12.8 Å². The van der Waals surface area contributed by atoms with Gasteiger partial charge in [-0.25, -0.2) is 0 Å². The molecule has 2 fully saturated rings. The van der Waals surface area contributed by atoms with Crippen molar-refractivity contribution in [3.63, 3.8) is 0 Å². The van der Waals surface area contributed by atoms with E-state index >= 15 is 0 Å². The molecule has 0 amide bonds. The summed E-state index contributed by atoms with van der Waals surface area (Å²) in [5.41, 5.74) is -0.990. The number of ketones is 1. The maximum absolute atomic E-state index is 12.7.